The molecule has 6 amide bonds. The van der Waals surface area contributed by atoms with Crippen molar-refractivity contribution in [3.8, 4) is 23.0 Å². The highest BCUT2D eigenvalue weighted by atomic mass is 35.5. The quantitative estimate of drug-likeness (QED) is 0.0268. The van der Waals surface area contributed by atoms with Gasteiger partial charge in [0.2, 0.25) is 12.1 Å². The maximum absolute atomic E-state index is 13.9. The number of unbranched alkanes of at least 4 members (excludes halogenated alkanes) is 9. The first-order valence-electron chi connectivity index (χ1n) is 28.3. The van der Waals surface area contributed by atoms with Gasteiger partial charge in [0.15, 0.2) is 0 Å². The number of hydrogen-bond donors (Lipinski definition) is 5. The maximum atomic E-state index is 13.9. The zero-order chi connectivity index (χ0) is 60.2. The number of aryl methyl sites for hydroxylation is 1. The summed E-state index contributed by atoms with van der Waals surface area (Å²) in [5.74, 6) is -0.373. The Morgan fingerprint density at radius 3 is 1.78 bits per heavy atom. The summed E-state index contributed by atoms with van der Waals surface area (Å²) in [5.41, 5.74) is 4.55. The molecule has 0 aromatic heterocycles. The Morgan fingerprint density at radius 2 is 1.23 bits per heavy atom. The van der Waals surface area contributed by atoms with Gasteiger partial charge in [-0.3, -0.25) is 19.3 Å². The minimum atomic E-state index is -1.06. The average molecular weight is 1130 g/mol. The third-order valence-electron chi connectivity index (χ3n) is 13.5. The Balaban J connectivity index is 0.000000305. The SMILES string of the molecule is CCCCCCCCCCCCOC1C(=O)N(c2cc(NC(=O)CC)c(O)c(C(C)(C)C)c2)C(=O)N1Cc1ccccc1.CN(C)C(=O)Oc1cc(Cl)c(O)c(C(C)(C)C)c1.Cc1cc(NC(=O)c2ccccc2)c(O)c(C(C)C)c1. The monoisotopic (exact) mass is 1130 g/mol. The van der Waals surface area contributed by atoms with E-state index in [1.54, 1.807) is 51.4 Å². The van der Waals surface area contributed by atoms with E-state index in [1.165, 1.54) is 66.9 Å². The zero-order valence-electron chi connectivity index (χ0n) is 50.0. The van der Waals surface area contributed by atoms with Crippen molar-refractivity contribution in [2.24, 2.45) is 0 Å². The van der Waals surface area contributed by atoms with Gasteiger partial charge in [-0.15, -0.1) is 0 Å². The van der Waals surface area contributed by atoms with E-state index in [4.69, 9.17) is 21.1 Å². The highest BCUT2D eigenvalue weighted by Crippen LogP contribution is 2.43. The van der Waals surface area contributed by atoms with Gasteiger partial charge in [-0.05, 0) is 83.2 Å². The number of anilines is 3. The number of phenols is 3. The summed E-state index contributed by atoms with van der Waals surface area (Å²) in [7, 11) is 3.18. The lowest BCUT2D eigenvalue weighted by Crippen LogP contribution is -2.37. The first-order valence-corrected chi connectivity index (χ1v) is 28.7. The number of ether oxygens (including phenoxy) is 2. The van der Waals surface area contributed by atoms with Crippen molar-refractivity contribution in [1.82, 2.24) is 9.80 Å². The molecule has 1 atom stereocenters. The number of imide groups is 1. The Bertz CT molecular complexity index is 2880. The highest BCUT2D eigenvalue weighted by molar-refractivity contribution is 6.32. The van der Waals surface area contributed by atoms with Crippen LogP contribution in [0, 0.1) is 6.92 Å². The van der Waals surface area contributed by atoms with Crippen LogP contribution in [0.15, 0.2) is 97.1 Å². The molecule has 15 nitrogen and oxygen atoms in total. The van der Waals surface area contributed by atoms with E-state index in [-0.39, 0.29) is 69.8 Å². The van der Waals surface area contributed by atoms with E-state index in [1.807, 2.05) is 117 Å². The molecule has 1 saturated heterocycles. The number of amides is 6. The summed E-state index contributed by atoms with van der Waals surface area (Å²) >= 11 is 5.93. The van der Waals surface area contributed by atoms with Crippen molar-refractivity contribution >= 4 is 58.5 Å². The molecule has 5 aromatic rings. The Kier molecular flexibility index (Phi) is 25.6. The van der Waals surface area contributed by atoms with Crippen LogP contribution in [0.2, 0.25) is 5.02 Å². The average Bonchev–Trinajstić information content (AvgIpc) is 3.72. The fourth-order valence-electron chi connectivity index (χ4n) is 8.86. The second-order valence-corrected chi connectivity index (χ2v) is 23.5. The molecule has 1 fully saturated rings. The van der Waals surface area contributed by atoms with Crippen molar-refractivity contribution in [2.75, 3.05) is 36.2 Å². The summed E-state index contributed by atoms with van der Waals surface area (Å²) < 4.78 is 11.3. The van der Waals surface area contributed by atoms with Crippen LogP contribution in [0.4, 0.5) is 26.7 Å². The number of nitrogens with one attached hydrogen (secondary N) is 2. The lowest BCUT2D eigenvalue weighted by molar-refractivity contribution is -0.134. The van der Waals surface area contributed by atoms with Gasteiger partial charge >= 0.3 is 12.1 Å². The van der Waals surface area contributed by atoms with Crippen molar-refractivity contribution in [2.45, 2.75) is 176 Å². The molecule has 5 aromatic carbocycles. The fourth-order valence-corrected chi connectivity index (χ4v) is 9.07. The summed E-state index contributed by atoms with van der Waals surface area (Å²) in [6.45, 7) is 22.1. The molecule has 0 radical (unpaired) electrons. The number of hydrogen-bond acceptors (Lipinski definition) is 10. The first-order chi connectivity index (χ1) is 38.2. The number of nitrogens with zero attached hydrogens (tertiary/aromatic N) is 3. The Morgan fingerprint density at radius 1 is 0.691 bits per heavy atom. The molecule has 0 saturated carbocycles. The van der Waals surface area contributed by atoms with Gasteiger partial charge in [0.1, 0.15) is 23.0 Å². The number of aromatic hydroxyl groups is 3. The molecule has 0 aliphatic carbocycles. The number of benzene rings is 5. The molecule has 5 N–H and O–H groups in total. The van der Waals surface area contributed by atoms with Gasteiger partial charge in [0.05, 0.1) is 28.6 Å². The van der Waals surface area contributed by atoms with E-state index < -0.39 is 29.7 Å². The van der Waals surface area contributed by atoms with E-state index >= 15 is 0 Å². The Hall–Kier alpha value is -7.10. The molecule has 1 heterocycles. The number of halogens is 1. The lowest BCUT2D eigenvalue weighted by atomic mass is 9.85. The summed E-state index contributed by atoms with van der Waals surface area (Å²) in [6.07, 6.45) is 10.6. The molecule has 6 rings (SSSR count). The van der Waals surface area contributed by atoms with Gasteiger partial charge in [-0.2, -0.15) is 0 Å². The summed E-state index contributed by atoms with van der Waals surface area (Å²) in [6, 6.07) is 27.9. The molecule has 440 valence electrons. The largest absolute Gasteiger partial charge is 0.506 e. The summed E-state index contributed by atoms with van der Waals surface area (Å²) in [4.78, 5) is 67.5. The number of urea groups is 1. The maximum Gasteiger partial charge on any atom is 0.414 e. The molecule has 81 heavy (non-hydrogen) atoms. The van der Waals surface area contributed by atoms with E-state index in [0.717, 1.165) is 40.9 Å². The van der Waals surface area contributed by atoms with Crippen molar-refractivity contribution < 1.29 is 48.8 Å². The minimum absolute atomic E-state index is 0.0221. The standard InChI is InChI=1S/C35H51N3O5.C17H19NO2.C13H18ClNO3/c1-6-8-9-10-11-12-13-14-15-19-22-43-33-32(41)38(34(42)37(33)25-26-20-17-16-18-21-26)27-23-28(35(3,4)5)31(40)29(24-27)36-30(39)7-2;1-11(2)14-9-12(3)10-15(16(14)19)18-17(20)13-7-5-4-6-8-13;1-13(2,3)9-6-8(7-10(14)11(9)16)18-12(17)15(4)5/h16-18,20-21,23-24,33,40H,6-15,19,22,25H2,1-5H3,(H,36,39);4-11,19H,1-3H3,(H,18,20);6-7,16H,1-5H3. The van der Waals surface area contributed by atoms with Crippen LogP contribution in [0.1, 0.15) is 184 Å². The first kappa shape index (κ1) is 66.4. The molecule has 1 unspecified atom stereocenters. The molecular weight excluding hydrogens is 1050 g/mol. The van der Waals surface area contributed by atoms with Crippen LogP contribution in [0.5, 0.6) is 23.0 Å². The van der Waals surface area contributed by atoms with Crippen LogP contribution < -0.4 is 20.3 Å². The predicted molar refractivity (Wildman–Crippen MR) is 325 cm³/mol. The second-order valence-electron chi connectivity index (χ2n) is 23.1. The van der Waals surface area contributed by atoms with Crippen molar-refractivity contribution in [3.63, 3.8) is 0 Å². The molecule has 0 spiro atoms. The minimum Gasteiger partial charge on any atom is -0.506 e. The van der Waals surface area contributed by atoms with E-state index in [0.29, 0.717) is 34.7 Å². The topological polar surface area (TPSA) is 198 Å². The number of carbonyl (C=O) groups excluding carboxylic acids is 5. The third kappa shape index (κ3) is 19.8. The molecule has 16 heteroatoms. The molecule has 1 aliphatic rings. The predicted octanol–water partition coefficient (Wildman–Crippen LogP) is 15.8. The molecular formula is C65H88ClN5O10. The zero-order valence-corrected chi connectivity index (χ0v) is 50.8. The summed E-state index contributed by atoms with van der Waals surface area (Å²) in [5, 5.41) is 36.8. The van der Waals surface area contributed by atoms with Gasteiger partial charge in [0, 0.05) is 49.9 Å². The van der Waals surface area contributed by atoms with Crippen LogP contribution in [-0.2, 0) is 31.7 Å². The van der Waals surface area contributed by atoms with Gasteiger partial charge in [0.25, 0.3) is 11.8 Å². The number of carbonyl (C=O) groups is 5. The van der Waals surface area contributed by atoms with Crippen LogP contribution >= 0.6 is 11.6 Å². The van der Waals surface area contributed by atoms with E-state index in [2.05, 4.69) is 17.6 Å². The van der Waals surface area contributed by atoms with Crippen LogP contribution in [0.25, 0.3) is 0 Å². The third-order valence-corrected chi connectivity index (χ3v) is 13.8. The number of rotatable bonds is 21. The van der Waals surface area contributed by atoms with Gasteiger partial charge in [-0.1, -0.05) is 193 Å². The molecule has 1 aliphatic heterocycles. The van der Waals surface area contributed by atoms with Crippen molar-refractivity contribution in [1.29, 1.82) is 0 Å². The van der Waals surface area contributed by atoms with Gasteiger partial charge in [-0.25, -0.2) is 14.5 Å². The van der Waals surface area contributed by atoms with Crippen LogP contribution in [-0.4, -0.2) is 81.9 Å². The highest BCUT2D eigenvalue weighted by Gasteiger charge is 2.47. The molecule has 0 bridgehead atoms. The lowest BCUT2D eigenvalue weighted by Gasteiger charge is -2.25. The number of phenolic OH excluding ortho intramolecular Hbond substituents is 3. The van der Waals surface area contributed by atoms with Crippen molar-refractivity contribution in [3.05, 3.63) is 135 Å². The van der Waals surface area contributed by atoms with E-state index in [9.17, 15) is 39.3 Å². The van der Waals surface area contributed by atoms with Gasteiger partial charge < -0.3 is 40.3 Å². The van der Waals surface area contributed by atoms with Crippen LogP contribution in [0.3, 0.4) is 0 Å². The Labute approximate surface area is 486 Å². The fraction of sp³-hybridized carbons (Fsp3) is 0.462. The normalized spacial score (nSPS) is 13.3. The second kappa shape index (κ2) is 31.2. The smallest absolute Gasteiger partial charge is 0.414 e.